The third kappa shape index (κ3) is 5.01. The maximum absolute atomic E-state index is 13.6. The maximum Gasteiger partial charge on any atom is 0.332 e. The lowest BCUT2D eigenvalue weighted by molar-refractivity contribution is 0.0174. The number of aliphatic hydroxyl groups excluding tert-OH is 1. The summed E-state index contributed by atoms with van der Waals surface area (Å²) in [6.45, 7) is 0.796. The summed E-state index contributed by atoms with van der Waals surface area (Å²) in [5.74, 6) is -2.47. The number of halogens is 3. The summed E-state index contributed by atoms with van der Waals surface area (Å²) in [7, 11) is 1.52. The summed E-state index contributed by atoms with van der Waals surface area (Å²) in [5, 5.41) is 12.7. The third-order valence-electron chi connectivity index (χ3n) is 5.63. The van der Waals surface area contributed by atoms with Crippen LogP contribution in [0.2, 0.25) is 5.02 Å². The highest BCUT2D eigenvalue weighted by Crippen LogP contribution is 2.33. The second-order valence-electron chi connectivity index (χ2n) is 8.20. The molecule has 0 saturated carbocycles. The van der Waals surface area contributed by atoms with Crippen LogP contribution < -0.4 is 26.2 Å². The van der Waals surface area contributed by atoms with Crippen molar-refractivity contribution < 1.29 is 18.6 Å². The van der Waals surface area contributed by atoms with Crippen LogP contribution in [0.25, 0.3) is 0 Å². The Hall–Kier alpha value is -3.44. The molecule has 1 atom stereocenters. The molecule has 12 heteroatoms. The molecule has 1 aromatic carbocycles. The molecule has 1 unspecified atom stereocenters. The minimum absolute atomic E-state index is 0.0422. The van der Waals surface area contributed by atoms with E-state index in [9.17, 15) is 23.5 Å². The van der Waals surface area contributed by atoms with E-state index in [1.165, 1.54) is 42.1 Å². The average Bonchev–Trinajstić information content (AvgIpc) is 3.17. The molecule has 0 saturated heterocycles. The van der Waals surface area contributed by atoms with Crippen molar-refractivity contribution in [3.63, 3.8) is 0 Å². The first-order chi connectivity index (χ1) is 16.6. The van der Waals surface area contributed by atoms with Crippen LogP contribution in [0.15, 0.2) is 52.2 Å². The summed E-state index contributed by atoms with van der Waals surface area (Å²) in [6, 6.07) is 8.71. The van der Waals surface area contributed by atoms with Gasteiger partial charge in [-0.1, -0.05) is 11.6 Å². The smallest absolute Gasteiger partial charge is 0.332 e. The van der Waals surface area contributed by atoms with Gasteiger partial charge in [-0.05, 0) is 42.8 Å². The van der Waals surface area contributed by atoms with Crippen LogP contribution in [0.5, 0.6) is 5.75 Å². The van der Waals surface area contributed by atoms with Crippen molar-refractivity contribution in [2.45, 2.75) is 38.7 Å². The number of hydrogen-bond donors (Lipinski definition) is 2. The van der Waals surface area contributed by atoms with Gasteiger partial charge < -0.3 is 20.1 Å². The monoisotopic (exact) mass is 507 g/mol. The molecule has 1 aliphatic rings. The van der Waals surface area contributed by atoms with E-state index < -0.39 is 23.5 Å². The van der Waals surface area contributed by atoms with Crippen LogP contribution in [0.3, 0.4) is 0 Å². The Balaban J connectivity index is 1.74. The van der Waals surface area contributed by atoms with E-state index >= 15 is 0 Å². The number of nitrogens with zero attached hydrogens (tertiary/aromatic N) is 4. The first-order valence-corrected chi connectivity index (χ1v) is 11.2. The van der Waals surface area contributed by atoms with Gasteiger partial charge in [-0.15, -0.1) is 0 Å². The first-order valence-electron chi connectivity index (χ1n) is 10.8. The Labute approximate surface area is 204 Å². The molecule has 0 spiro atoms. The van der Waals surface area contributed by atoms with E-state index in [0.717, 1.165) is 11.5 Å². The summed E-state index contributed by atoms with van der Waals surface area (Å²) in [4.78, 5) is 32.0. The summed E-state index contributed by atoms with van der Waals surface area (Å²) >= 11 is 5.94. The number of rotatable bonds is 8. The van der Waals surface area contributed by atoms with Crippen molar-refractivity contribution in [2.24, 2.45) is 7.05 Å². The van der Waals surface area contributed by atoms with E-state index in [4.69, 9.17) is 16.3 Å². The molecule has 3 aromatic rings. The van der Waals surface area contributed by atoms with Gasteiger partial charge in [0.2, 0.25) is 0 Å². The molecule has 186 valence electrons. The van der Waals surface area contributed by atoms with Gasteiger partial charge in [-0.2, -0.15) is 0 Å². The zero-order valence-electron chi connectivity index (χ0n) is 19.0. The van der Waals surface area contributed by atoms with Crippen molar-refractivity contribution in [1.82, 2.24) is 14.1 Å². The van der Waals surface area contributed by atoms with Crippen LogP contribution in [-0.4, -0.2) is 32.2 Å². The summed E-state index contributed by atoms with van der Waals surface area (Å²) < 4.78 is 35.6. The average molecular weight is 508 g/mol. The molecule has 3 heterocycles. The molecule has 0 amide bonds. The van der Waals surface area contributed by atoms with Crippen molar-refractivity contribution in [3.8, 4) is 5.75 Å². The lowest BCUT2D eigenvalue weighted by Gasteiger charge is -2.26. The molecule has 35 heavy (non-hydrogen) atoms. The predicted molar refractivity (Wildman–Crippen MR) is 127 cm³/mol. The Morgan fingerprint density at radius 1 is 1.20 bits per heavy atom. The molecule has 0 aliphatic carbocycles. The Bertz CT molecular complexity index is 1320. The molecule has 1 aliphatic heterocycles. The summed E-state index contributed by atoms with van der Waals surface area (Å²) in [6.07, 6.45) is 0.762. The number of pyridine rings is 1. The highest BCUT2D eigenvalue weighted by atomic mass is 35.5. The van der Waals surface area contributed by atoms with Crippen molar-refractivity contribution in [1.29, 1.82) is 0 Å². The zero-order valence-corrected chi connectivity index (χ0v) is 19.8. The number of fused-ring (bicyclic) bond motifs is 1. The molecule has 9 nitrogen and oxygen atoms in total. The molecule has 2 N–H and O–H groups in total. The molecule has 0 radical (unpaired) electrons. The highest BCUT2D eigenvalue weighted by molar-refractivity contribution is 6.30. The number of anilines is 2. The van der Waals surface area contributed by atoms with Crippen molar-refractivity contribution in [3.05, 3.63) is 79.7 Å². The fraction of sp³-hybridized carbons (Fsp3) is 0.348. The Kier molecular flexibility index (Phi) is 6.82. The molecular weight excluding hydrogens is 484 g/mol. The van der Waals surface area contributed by atoms with Gasteiger partial charge in [0.1, 0.15) is 17.3 Å². The van der Waals surface area contributed by atoms with Crippen LogP contribution in [0.1, 0.15) is 24.6 Å². The SMILES string of the molecule is Cn1c2c(c(=O)n(CCCO)c1=O)N(Cc1ccc(Cl)cn1)C(Oc1ccc(C(C)(F)F)cc1)N2. The summed E-state index contributed by atoms with van der Waals surface area (Å²) in [5.41, 5.74) is -0.499. The van der Waals surface area contributed by atoms with E-state index in [1.807, 2.05) is 0 Å². The van der Waals surface area contributed by atoms with Crippen LogP contribution in [-0.2, 0) is 26.1 Å². The second kappa shape index (κ2) is 9.67. The van der Waals surface area contributed by atoms with Crippen molar-refractivity contribution >= 4 is 23.1 Å². The lowest BCUT2D eigenvalue weighted by atomic mass is 10.1. The number of hydrogen-bond acceptors (Lipinski definition) is 7. The van der Waals surface area contributed by atoms with E-state index in [0.29, 0.717) is 10.7 Å². The molecule has 4 rings (SSSR count). The number of alkyl halides is 2. The maximum atomic E-state index is 13.6. The number of aliphatic hydroxyl groups is 1. The number of benzene rings is 1. The van der Waals surface area contributed by atoms with E-state index in [-0.39, 0.29) is 48.9 Å². The zero-order chi connectivity index (χ0) is 25.3. The van der Waals surface area contributed by atoms with Gasteiger partial charge in [0.05, 0.1) is 17.3 Å². The second-order valence-corrected chi connectivity index (χ2v) is 8.63. The van der Waals surface area contributed by atoms with Crippen molar-refractivity contribution in [2.75, 3.05) is 16.8 Å². The van der Waals surface area contributed by atoms with E-state index in [2.05, 4.69) is 10.3 Å². The quantitative estimate of drug-likeness (QED) is 0.483. The van der Waals surface area contributed by atoms with Gasteiger partial charge in [0, 0.05) is 38.9 Å². The van der Waals surface area contributed by atoms with Crippen LogP contribution >= 0.6 is 11.6 Å². The number of nitrogens with one attached hydrogen (secondary N) is 1. The van der Waals surface area contributed by atoms with Gasteiger partial charge in [0.25, 0.3) is 17.8 Å². The minimum Gasteiger partial charge on any atom is -0.452 e. The van der Waals surface area contributed by atoms with Gasteiger partial charge in [-0.25, -0.2) is 13.6 Å². The Morgan fingerprint density at radius 3 is 2.51 bits per heavy atom. The molecule has 2 aromatic heterocycles. The van der Waals surface area contributed by atoms with Gasteiger partial charge >= 0.3 is 5.69 Å². The lowest BCUT2D eigenvalue weighted by Crippen LogP contribution is -2.43. The highest BCUT2D eigenvalue weighted by Gasteiger charge is 2.37. The minimum atomic E-state index is -3.00. The third-order valence-corrected chi connectivity index (χ3v) is 5.85. The number of ether oxygens (including phenoxy) is 1. The predicted octanol–water partition coefficient (Wildman–Crippen LogP) is 2.88. The topological polar surface area (TPSA) is 102 Å². The first kappa shape index (κ1) is 24.7. The number of aromatic nitrogens is 3. The molecular formula is C23H24ClF2N5O4. The van der Waals surface area contributed by atoms with Crippen LogP contribution in [0, 0.1) is 0 Å². The standard InChI is InChI=1S/C23H24ClF2N5O4/c1-23(25,26)14-4-8-17(9-5-14)35-21-28-19-18(31(21)13-16-7-6-15(24)12-27-16)20(33)30(10-3-11-32)22(34)29(19)2/h4-9,12,21,28,32H,3,10-11,13H2,1-2H3. The van der Waals surface area contributed by atoms with E-state index in [1.54, 1.807) is 17.0 Å². The molecule has 0 bridgehead atoms. The van der Waals surface area contributed by atoms with Gasteiger partial charge in [0.15, 0.2) is 0 Å². The fourth-order valence-corrected chi connectivity index (χ4v) is 3.91. The molecule has 0 fully saturated rings. The Morgan fingerprint density at radius 2 is 1.91 bits per heavy atom. The van der Waals surface area contributed by atoms with Gasteiger partial charge in [-0.3, -0.25) is 18.9 Å². The normalized spacial score (nSPS) is 15.1. The van der Waals surface area contributed by atoms with Crippen LogP contribution in [0.4, 0.5) is 20.3 Å². The largest absolute Gasteiger partial charge is 0.452 e. The fourth-order valence-electron chi connectivity index (χ4n) is 3.80.